The molecule has 0 aromatic heterocycles. The predicted octanol–water partition coefficient (Wildman–Crippen LogP) is 1.71. The van der Waals surface area contributed by atoms with E-state index in [9.17, 15) is 4.79 Å². The number of carbonyl (C=O) groups is 1. The molecule has 1 aromatic rings. The maximum atomic E-state index is 11.2. The highest BCUT2D eigenvalue weighted by Crippen LogP contribution is 2.14. The van der Waals surface area contributed by atoms with Crippen molar-refractivity contribution in [1.82, 2.24) is 0 Å². The van der Waals surface area contributed by atoms with Crippen LogP contribution in [0.3, 0.4) is 0 Å². The molecule has 0 aliphatic carbocycles. The Morgan fingerprint density at radius 3 is 2.93 bits per heavy atom. The lowest BCUT2D eigenvalue weighted by Crippen LogP contribution is -2.23. The van der Waals surface area contributed by atoms with Crippen LogP contribution in [0.2, 0.25) is 0 Å². The summed E-state index contributed by atoms with van der Waals surface area (Å²) in [6.07, 6.45) is 1.24. The molecule has 0 unspecified atom stereocenters. The van der Waals surface area contributed by atoms with Crippen molar-refractivity contribution in [1.29, 1.82) is 5.26 Å². The van der Waals surface area contributed by atoms with Gasteiger partial charge in [0.05, 0.1) is 11.6 Å². The highest BCUT2D eigenvalue weighted by atomic mass is 16.2. The number of carbonyl (C=O) groups excluding carboxylic acids is 1. The third-order valence-corrected chi connectivity index (χ3v) is 1.87. The Balaban J connectivity index is 3.02. The molecular weight excluding hydrogens is 176 g/mol. The molecular formula is C11H10N2O. The molecule has 1 aromatic carbocycles. The molecule has 0 fully saturated rings. The molecule has 0 heterocycles. The highest BCUT2D eigenvalue weighted by Gasteiger charge is 2.06. The smallest absolute Gasteiger partial charge is 0.250 e. The fourth-order valence-electron chi connectivity index (χ4n) is 1.05. The summed E-state index contributed by atoms with van der Waals surface area (Å²) >= 11 is 0. The second-order valence-electron chi connectivity index (χ2n) is 2.76. The Morgan fingerprint density at radius 1 is 1.64 bits per heavy atom. The molecule has 1 amide bonds. The van der Waals surface area contributed by atoms with Crippen LogP contribution in [0, 0.1) is 11.3 Å². The van der Waals surface area contributed by atoms with Crippen molar-refractivity contribution in [3.05, 3.63) is 42.5 Å². The standard InChI is InChI=1S/C11H10N2O/c1-3-11(14)13(2)10-6-4-5-9(7-10)8-12/h3-7H,1H2,2H3. The molecule has 0 aliphatic heterocycles. The second kappa shape index (κ2) is 4.24. The molecule has 0 radical (unpaired) electrons. The molecule has 0 saturated heterocycles. The van der Waals surface area contributed by atoms with Crippen molar-refractivity contribution in [2.45, 2.75) is 0 Å². The Labute approximate surface area is 82.9 Å². The number of rotatable bonds is 2. The maximum absolute atomic E-state index is 11.2. The topological polar surface area (TPSA) is 44.1 Å². The van der Waals surface area contributed by atoms with Gasteiger partial charge in [0.1, 0.15) is 0 Å². The van der Waals surface area contributed by atoms with Crippen molar-refractivity contribution in [2.24, 2.45) is 0 Å². The summed E-state index contributed by atoms with van der Waals surface area (Å²) in [6, 6.07) is 8.86. The van der Waals surface area contributed by atoms with Gasteiger partial charge in [-0.05, 0) is 24.3 Å². The third-order valence-electron chi connectivity index (χ3n) is 1.87. The molecule has 0 saturated carbocycles. The zero-order chi connectivity index (χ0) is 10.6. The average molecular weight is 186 g/mol. The average Bonchev–Trinajstić information content (AvgIpc) is 2.27. The zero-order valence-corrected chi connectivity index (χ0v) is 7.90. The van der Waals surface area contributed by atoms with Crippen molar-refractivity contribution >= 4 is 11.6 Å². The Hall–Kier alpha value is -2.08. The summed E-state index contributed by atoms with van der Waals surface area (Å²) in [4.78, 5) is 12.7. The minimum Gasteiger partial charge on any atom is -0.312 e. The minimum atomic E-state index is -0.194. The minimum absolute atomic E-state index is 0.194. The fourth-order valence-corrected chi connectivity index (χ4v) is 1.05. The van der Waals surface area contributed by atoms with Crippen molar-refractivity contribution < 1.29 is 4.79 Å². The molecule has 0 bridgehead atoms. The van der Waals surface area contributed by atoms with Crippen LogP contribution in [-0.2, 0) is 4.79 Å². The first-order valence-electron chi connectivity index (χ1n) is 4.09. The van der Waals surface area contributed by atoms with Crippen LogP contribution < -0.4 is 4.90 Å². The molecule has 70 valence electrons. The van der Waals surface area contributed by atoms with Crippen LogP contribution in [-0.4, -0.2) is 13.0 Å². The summed E-state index contributed by atoms with van der Waals surface area (Å²) in [7, 11) is 1.64. The summed E-state index contributed by atoms with van der Waals surface area (Å²) in [5.74, 6) is -0.194. The van der Waals surface area contributed by atoms with Crippen LogP contribution >= 0.6 is 0 Å². The van der Waals surface area contributed by atoms with E-state index in [1.54, 1.807) is 31.3 Å². The summed E-state index contributed by atoms with van der Waals surface area (Å²) < 4.78 is 0. The van der Waals surface area contributed by atoms with Gasteiger partial charge in [-0.25, -0.2) is 0 Å². The lowest BCUT2D eigenvalue weighted by Gasteiger charge is -2.14. The summed E-state index contributed by atoms with van der Waals surface area (Å²) in [5.41, 5.74) is 1.22. The Kier molecular flexibility index (Phi) is 3.03. The van der Waals surface area contributed by atoms with Gasteiger partial charge in [-0.2, -0.15) is 5.26 Å². The van der Waals surface area contributed by atoms with E-state index in [2.05, 4.69) is 6.58 Å². The molecule has 1 rings (SSSR count). The second-order valence-corrected chi connectivity index (χ2v) is 2.76. The van der Waals surface area contributed by atoms with Crippen LogP contribution in [0.4, 0.5) is 5.69 Å². The van der Waals surface area contributed by atoms with Gasteiger partial charge in [0.15, 0.2) is 0 Å². The quantitative estimate of drug-likeness (QED) is 0.660. The van der Waals surface area contributed by atoms with Gasteiger partial charge in [-0.3, -0.25) is 4.79 Å². The SMILES string of the molecule is C=CC(=O)N(C)c1cccc(C#N)c1. The van der Waals surface area contributed by atoms with Gasteiger partial charge in [-0.1, -0.05) is 12.6 Å². The van der Waals surface area contributed by atoms with E-state index in [1.165, 1.54) is 11.0 Å². The van der Waals surface area contributed by atoms with E-state index < -0.39 is 0 Å². The number of amides is 1. The van der Waals surface area contributed by atoms with Crippen LogP contribution in [0.15, 0.2) is 36.9 Å². The van der Waals surface area contributed by atoms with E-state index in [4.69, 9.17) is 5.26 Å². The normalized spacial score (nSPS) is 8.86. The monoisotopic (exact) mass is 186 g/mol. The number of hydrogen-bond acceptors (Lipinski definition) is 2. The molecule has 14 heavy (non-hydrogen) atoms. The first-order chi connectivity index (χ1) is 6.69. The highest BCUT2D eigenvalue weighted by molar-refractivity contribution is 6.00. The van der Waals surface area contributed by atoms with Crippen molar-refractivity contribution in [2.75, 3.05) is 11.9 Å². The summed E-state index contributed by atoms with van der Waals surface area (Å²) in [6.45, 7) is 3.39. The Morgan fingerprint density at radius 2 is 2.36 bits per heavy atom. The van der Waals surface area contributed by atoms with E-state index in [1.807, 2.05) is 6.07 Å². The van der Waals surface area contributed by atoms with Gasteiger partial charge in [-0.15, -0.1) is 0 Å². The van der Waals surface area contributed by atoms with Gasteiger partial charge < -0.3 is 4.90 Å². The number of hydrogen-bond donors (Lipinski definition) is 0. The largest absolute Gasteiger partial charge is 0.312 e. The van der Waals surface area contributed by atoms with Gasteiger partial charge in [0.2, 0.25) is 5.91 Å². The predicted molar refractivity (Wildman–Crippen MR) is 54.8 cm³/mol. The molecule has 3 heteroatoms. The third kappa shape index (κ3) is 1.99. The summed E-state index contributed by atoms with van der Waals surface area (Å²) in [5, 5.41) is 8.67. The number of nitriles is 1. The maximum Gasteiger partial charge on any atom is 0.250 e. The fraction of sp³-hybridized carbons (Fsp3) is 0.0909. The van der Waals surface area contributed by atoms with Crippen LogP contribution in [0.25, 0.3) is 0 Å². The number of benzene rings is 1. The molecule has 0 aliphatic rings. The lowest BCUT2D eigenvalue weighted by atomic mass is 10.2. The van der Waals surface area contributed by atoms with E-state index in [0.29, 0.717) is 11.3 Å². The van der Waals surface area contributed by atoms with Crippen LogP contribution in [0.1, 0.15) is 5.56 Å². The number of nitrogens with zero attached hydrogens (tertiary/aromatic N) is 2. The van der Waals surface area contributed by atoms with Gasteiger partial charge in [0.25, 0.3) is 0 Å². The molecule has 0 N–H and O–H groups in total. The van der Waals surface area contributed by atoms with Crippen molar-refractivity contribution in [3.63, 3.8) is 0 Å². The molecule has 3 nitrogen and oxygen atoms in total. The number of likely N-dealkylation sites (N-methyl/N-ethyl adjacent to an activating group) is 1. The molecule has 0 spiro atoms. The number of anilines is 1. The Bertz CT molecular complexity index is 404. The first-order valence-corrected chi connectivity index (χ1v) is 4.09. The van der Waals surface area contributed by atoms with Crippen LogP contribution in [0.5, 0.6) is 0 Å². The van der Waals surface area contributed by atoms with E-state index in [-0.39, 0.29) is 5.91 Å². The van der Waals surface area contributed by atoms with Crippen molar-refractivity contribution in [3.8, 4) is 6.07 Å². The lowest BCUT2D eigenvalue weighted by molar-refractivity contribution is -0.113. The van der Waals surface area contributed by atoms with E-state index in [0.717, 1.165) is 0 Å². The van der Waals surface area contributed by atoms with E-state index >= 15 is 0 Å². The molecule has 0 atom stereocenters. The van der Waals surface area contributed by atoms with Gasteiger partial charge in [0, 0.05) is 12.7 Å². The first kappa shape index (κ1) is 10.0. The van der Waals surface area contributed by atoms with Gasteiger partial charge >= 0.3 is 0 Å². The zero-order valence-electron chi connectivity index (χ0n) is 7.90.